The lowest BCUT2D eigenvalue weighted by Gasteiger charge is -2.26. The maximum absolute atomic E-state index is 6.34. The molecule has 1 heterocycles. The quantitative estimate of drug-likeness (QED) is 0.708. The van der Waals surface area contributed by atoms with Crippen LogP contribution in [0.4, 0.5) is 11.4 Å². The summed E-state index contributed by atoms with van der Waals surface area (Å²) in [5.74, 6) is 0.761. The lowest BCUT2D eigenvalue weighted by molar-refractivity contribution is 0.415. The third kappa shape index (κ3) is 3.49. The highest BCUT2D eigenvalue weighted by atomic mass is 35.5. The van der Waals surface area contributed by atoms with Gasteiger partial charge in [0.2, 0.25) is 0 Å². The standard InChI is InChI=1S/C15H13Cl2N5O/c1-23-13-5-3-12(4-6-13)22(20-21-10-18-9-19-21)15-7-2-11(16)8-14(15)17/h2-10,20H,1H3. The van der Waals surface area contributed by atoms with Crippen molar-refractivity contribution in [3.05, 3.63) is 65.2 Å². The summed E-state index contributed by atoms with van der Waals surface area (Å²) in [7, 11) is 1.62. The number of hydrazine groups is 1. The number of hydrogen-bond acceptors (Lipinski definition) is 5. The molecule has 8 heteroatoms. The second kappa shape index (κ2) is 6.76. The molecule has 0 atom stereocenters. The molecular weight excluding hydrogens is 337 g/mol. The molecular formula is C15H13Cl2N5O. The lowest BCUT2D eigenvalue weighted by Crippen LogP contribution is -2.32. The first kappa shape index (κ1) is 15.5. The van der Waals surface area contributed by atoms with E-state index in [0.29, 0.717) is 10.0 Å². The van der Waals surface area contributed by atoms with Gasteiger partial charge < -0.3 is 4.74 Å². The van der Waals surface area contributed by atoms with Crippen LogP contribution in [0.15, 0.2) is 55.1 Å². The molecule has 0 radical (unpaired) electrons. The Kier molecular flexibility index (Phi) is 4.55. The Morgan fingerprint density at radius 3 is 2.52 bits per heavy atom. The summed E-state index contributed by atoms with van der Waals surface area (Å²) in [6, 6.07) is 12.8. The molecule has 0 unspecified atom stereocenters. The summed E-state index contributed by atoms with van der Waals surface area (Å²) in [5.41, 5.74) is 4.66. The van der Waals surface area contributed by atoms with E-state index >= 15 is 0 Å². The number of halogens is 2. The number of hydrogen-bond donors (Lipinski definition) is 1. The zero-order valence-electron chi connectivity index (χ0n) is 12.1. The molecule has 23 heavy (non-hydrogen) atoms. The second-order valence-electron chi connectivity index (χ2n) is 4.57. The van der Waals surface area contributed by atoms with E-state index in [1.54, 1.807) is 30.6 Å². The van der Waals surface area contributed by atoms with Gasteiger partial charge in [0, 0.05) is 5.02 Å². The Labute approximate surface area is 143 Å². The predicted molar refractivity (Wildman–Crippen MR) is 91.0 cm³/mol. The van der Waals surface area contributed by atoms with Gasteiger partial charge in [-0.3, -0.25) is 0 Å². The summed E-state index contributed by atoms with van der Waals surface area (Å²) in [5, 5.41) is 6.88. The average Bonchev–Trinajstić information content (AvgIpc) is 3.07. The van der Waals surface area contributed by atoms with Crippen molar-refractivity contribution in [3.8, 4) is 5.75 Å². The highest BCUT2D eigenvalue weighted by molar-refractivity contribution is 6.36. The van der Waals surface area contributed by atoms with Crippen molar-refractivity contribution in [2.75, 3.05) is 17.7 Å². The van der Waals surface area contributed by atoms with Crippen LogP contribution >= 0.6 is 23.2 Å². The number of nitrogens with one attached hydrogen (secondary N) is 1. The van der Waals surface area contributed by atoms with Crippen molar-refractivity contribution < 1.29 is 4.74 Å². The van der Waals surface area contributed by atoms with E-state index in [-0.39, 0.29) is 0 Å². The largest absolute Gasteiger partial charge is 0.497 e. The molecule has 0 spiro atoms. The van der Waals surface area contributed by atoms with E-state index in [0.717, 1.165) is 17.1 Å². The first-order valence-electron chi connectivity index (χ1n) is 6.68. The molecule has 1 aromatic heterocycles. The van der Waals surface area contributed by atoms with Crippen LogP contribution in [-0.2, 0) is 0 Å². The van der Waals surface area contributed by atoms with Crippen LogP contribution in [0.25, 0.3) is 0 Å². The number of aromatic nitrogens is 3. The summed E-state index contributed by atoms with van der Waals surface area (Å²) >= 11 is 12.3. The molecule has 3 aromatic rings. The van der Waals surface area contributed by atoms with Gasteiger partial charge in [-0.2, -0.15) is 0 Å². The maximum atomic E-state index is 6.34. The third-order valence-corrected chi connectivity index (χ3v) is 3.64. The number of ether oxygens (including phenoxy) is 1. The minimum atomic E-state index is 0.501. The molecule has 0 aliphatic rings. The number of anilines is 2. The van der Waals surface area contributed by atoms with Crippen molar-refractivity contribution in [2.45, 2.75) is 0 Å². The second-order valence-corrected chi connectivity index (χ2v) is 5.41. The van der Waals surface area contributed by atoms with Gasteiger partial charge in [0.05, 0.1) is 23.5 Å². The molecule has 3 rings (SSSR count). The van der Waals surface area contributed by atoms with Crippen LogP contribution in [0.2, 0.25) is 10.0 Å². The zero-order valence-corrected chi connectivity index (χ0v) is 13.7. The van der Waals surface area contributed by atoms with Gasteiger partial charge in [0.25, 0.3) is 0 Å². The lowest BCUT2D eigenvalue weighted by atomic mass is 10.2. The van der Waals surface area contributed by atoms with E-state index < -0.39 is 0 Å². The molecule has 0 fully saturated rings. The predicted octanol–water partition coefficient (Wildman–Crippen LogP) is 3.89. The maximum Gasteiger partial charge on any atom is 0.139 e. The summed E-state index contributed by atoms with van der Waals surface area (Å²) in [6.07, 6.45) is 2.98. The Bertz CT molecular complexity index is 777. The molecule has 0 bridgehead atoms. The van der Waals surface area contributed by atoms with E-state index in [4.69, 9.17) is 27.9 Å². The smallest absolute Gasteiger partial charge is 0.139 e. The Hall–Kier alpha value is -2.44. The Morgan fingerprint density at radius 2 is 1.91 bits per heavy atom. The van der Waals surface area contributed by atoms with Crippen molar-refractivity contribution >= 4 is 34.6 Å². The minimum Gasteiger partial charge on any atom is -0.497 e. The van der Waals surface area contributed by atoms with E-state index in [9.17, 15) is 0 Å². The average molecular weight is 350 g/mol. The summed E-state index contributed by atoms with van der Waals surface area (Å²) in [6.45, 7) is 0. The molecule has 1 N–H and O–H groups in total. The van der Waals surface area contributed by atoms with Gasteiger partial charge in [-0.25, -0.2) is 15.5 Å². The van der Waals surface area contributed by atoms with Crippen LogP contribution in [0.3, 0.4) is 0 Å². The van der Waals surface area contributed by atoms with Crippen LogP contribution in [0.1, 0.15) is 0 Å². The first-order chi connectivity index (χ1) is 11.2. The molecule has 0 aliphatic heterocycles. The Balaban J connectivity index is 2.01. The van der Waals surface area contributed by atoms with Crippen molar-refractivity contribution in [3.63, 3.8) is 0 Å². The fourth-order valence-corrected chi connectivity index (χ4v) is 2.50. The topological polar surface area (TPSA) is 55.2 Å². The van der Waals surface area contributed by atoms with Crippen molar-refractivity contribution in [1.29, 1.82) is 0 Å². The number of methoxy groups -OCH3 is 1. The minimum absolute atomic E-state index is 0.501. The zero-order chi connectivity index (χ0) is 16.2. The third-order valence-electron chi connectivity index (χ3n) is 3.10. The Morgan fingerprint density at radius 1 is 1.13 bits per heavy atom. The highest BCUT2D eigenvalue weighted by Gasteiger charge is 2.14. The van der Waals surface area contributed by atoms with Gasteiger partial charge >= 0.3 is 0 Å². The van der Waals surface area contributed by atoms with Crippen LogP contribution in [-0.4, -0.2) is 22.0 Å². The van der Waals surface area contributed by atoms with Gasteiger partial charge in [-0.1, -0.05) is 23.2 Å². The fraction of sp³-hybridized carbons (Fsp3) is 0.0667. The molecule has 0 saturated heterocycles. The molecule has 6 nitrogen and oxygen atoms in total. The van der Waals surface area contributed by atoms with E-state index in [1.807, 2.05) is 30.3 Å². The first-order valence-corrected chi connectivity index (χ1v) is 7.43. The number of nitrogens with zero attached hydrogens (tertiary/aromatic N) is 4. The van der Waals surface area contributed by atoms with Crippen molar-refractivity contribution in [2.24, 2.45) is 0 Å². The van der Waals surface area contributed by atoms with Gasteiger partial charge in [0.1, 0.15) is 18.4 Å². The molecule has 118 valence electrons. The monoisotopic (exact) mass is 349 g/mol. The van der Waals surface area contributed by atoms with Gasteiger partial charge in [0.15, 0.2) is 0 Å². The van der Waals surface area contributed by atoms with Gasteiger partial charge in [-0.05, 0) is 42.5 Å². The van der Waals surface area contributed by atoms with Gasteiger partial charge in [-0.15, -0.1) is 9.89 Å². The number of benzene rings is 2. The van der Waals surface area contributed by atoms with Crippen LogP contribution < -0.4 is 15.3 Å². The van der Waals surface area contributed by atoms with Crippen LogP contribution in [0.5, 0.6) is 5.75 Å². The normalized spacial score (nSPS) is 10.4. The van der Waals surface area contributed by atoms with E-state index in [1.165, 1.54) is 11.1 Å². The fourth-order valence-electron chi connectivity index (χ4n) is 2.01. The SMILES string of the molecule is COc1ccc(N(Nn2cncn2)c2ccc(Cl)cc2Cl)cc1. The highest BCUT2D eigenvalue weighted by Crippen LogP contribution is 2.33. The number of rotatable bonds is 5. The van der Waals surface area contributed by atoms with Crippen LogP contribution in [0, 0.1) is 0 Å². The van der Waals surface area contributed by atoms with E-state index in [2.05, 4.69) is 15.6 Å². The summed E-state index contributed by atoms with van der Waals surface area (Å²) in [4.78, 5) is 5.38. The molecule has 0 saturated carbocycles. The molecule has 2 aromatic carbocycles. The van der Waals surface area contributed by atoms with Crippen molar-refractivity contribution in [1.82, 2.24) is 14.9 Å². The molecule has 0 aliphatic carbocycles. The molecule has 0 amide bonds. The summed E-state index contributed by atoms with van der Waals surface area (Å²) < 4.78 is 5.19.